The molecular formula is C49H52N6O11S. The third kappa shape index (κ3) is 8.75. The maximum Gasteiger partial charge on any atom is 0.304 e. The van der Waals surface area contributed by atoms with Gasteiger partial charge in [0.1, 0.15) is 45.3 Å². The van der Waals surface area contributed by atoms with E-state index in [2.05, 4.69) is 15.6 Å². The molecule has 0 bridgehead atoms. The lowest BCUT2D eigenvalue weighted by Gasteiger charge is -2.28. The number of benzene rings is 4. The van der Waals surface area contributed by atoms with Crippen LogP contribution in [0.4, 0.5) is 0 Å². The number of methoxy groups -OCH3 is 1. The summed E-state index contributed by atoms with van der Waals surface area (Å²) in [5, 5.41) is 20.6. The van der Waals surface area contributed by atoms with Gasteiger partial charge in [0.05, 0.1) is 37.3 Å². The first-order valence-electron chi connectivity index (χ1n) is 22.6. The number of nitrogens with zero attached hydrogens (tertiary/aromatic N) is 5. The Labute approximate surface area is 387 Å². The van der Waals surface area contributed by atoms with E-state index in [1.54, 1.807) is 42.1 Å². The molecule has 4 amide bonds. The van der Waals surface area contributed by atoms with Crippen molar-refractivity contribution >= 4 is 50.7 Å². The lowest BCUT2D eigenvalue weighted by Crippen LogP contribution is -2.54. The standard InChI is InChI=1S/C49H52N6O11S/c1-27-14-15-31(36(24-44(57)58)32-21-37-46(41(23-32)64-4)53(3)52-51-37)20-33(27)26-54-25-28(2)65-40-22-30(16-18-42(40)67(54,62)63)29-8-5-10-34(11-6-9-29)66-39-13-7-12-35-45(39)49(61)55(48(35)60)38-17-19-43(56)50-47(38)59/h7,12-16,18,20-23,28-29,34,36,38H,5-6,8-11,17,19,24-26H2,1-4H3,(H,57,58)(H,50,56,59)/t28-,29?,34?,36+,38?/m1/s1. The van der Waals surface area contributed by atoms with Crippen LogP contribution in [0.2, 0.25) is 0 Å². The number of hydrogen-bond donors (Lipinski definition) is 2. The van der Waals surface area contributed by atoms with Crippen LogP contribution in [0, 0.1) is 6.92 Å². The highest BCUT2D eigenvalue weighted by Gasteiger charge is 2.46. The molecule has 4 heterocycles. The van der Waals surface area contributed by atoms with Gasteiger partial charge >= 0.3 is 5.97 Å². The number of fused-ring (bicyclic) bond motifs is 3. The molecule has 1 saturated heterocycles. The first-order valence-corrected chi connectivity index (χ1v) is 24.1. The Morgan fingerprint density at radius 1 is 0.940 bits per heavy atom. The monoisotopic (exact) mass is 932 g/mol. The van der Waals surface area contributed by atoms with E-state index >= 15 is 0 Å². The number of imide groups is 2. The minimum atomic E-state index is -4.04. The quantitative estimate of drug-likeness (QED) is 0.142. The number of aryl methyl sites for hydroxylation is 2. The van der Waals surface area contributed by atoms with Gasteiger partial charge in [-0.05, 0) is 129 Å². The summed E-state index contributed by atoms with van der Waals surface area (Å²) in [7, 11) is -0.753. The Morgan fingerprint density at radius 2 is 1.72 bits per heavy atom. The van der Waals surface area contributed by atoms with Crippen LogP contribution in [0.15, 0.2) is 71.6 Å². The highest BCUT2D eigenvalue weighted by molar-refractivity contribution is 7.89. The summed E-state index contributed by atoms with van der Waals surface area (Å²) >= 11 is 0. The molecule has 3 atom stereocenters. The van der Waals surface area contributed by atoms with E-state index < -0.39 is 57.7 Å². The molecule has 67 heavy (non-hydrogen) atoms. The number of carboxylic acids is 1. The summed E-state index contributed by atoms with van der Waals surface area (Å²) in [6.45, 7) is 3.90. The molecule has 5 aromatic rings. The Hall–Kier alpha value is -6.66. The van der Waals surface area contributed by atoms with Crippen LogP contribution in [0.3, 0.4) is 0 Å². The van der Waals surface area contributed by atoms with Crippen molar-refractivity contribution < 1.29 is 51.7 Å². The summed E-state index contributed by atoms with van der Waals surface area (Å²) in [6, 6.07) is 18.5. The average molecular weight is 933 g/mol. The lowest BCUT2D eigenvalue weighted by molar-refractivity contribution is -0.138. The number of piperidine rings is 1. The molecule has 3 aliphatic heterocycles. The van der Waals surface area contributed by atoms with Crippen molar-refractivity contribution in [1.29, 1.82) is 0 Å². The van der Waals surface area contributed by atoms with Crippen LogP contribution in [0.1, 0.15) is 125 Å². The minimum absolute atomic E-state index is 0.0321. The van der Waals surface area contributed by atoms with E-state index in [1.807, 2.05) is 50.2 Å². The largest absolute Gasteiger partial charge is 0.494 e. The highest BCUT2D eigenvalue weighted by Crippen LogP contribution is 2.41. The van der Waals surface area contributed by atoms with E-state index in [1.165, 1.54) is 11.4 Å². The number of carbonyl (C=O) groups is 5. The normalized spacial score (nSPS) is 22.5. The molecule has 17 nitrogen and oxygen atoms in total. The van der Waals surface area contributed by atoms with Crippen LogP contribution in [0.5, 0.6) is 17.2 Å². The molecule has 4 aromatic carbocycles. The Morgan fingerprint density at radius 3 is 2.45 bits per heavy atom. The van der Waals surface area contributed by atoms with Gasteiger partial charge in [-0.2, -0.15) is 4.31 Å². The zero-order chi connectivity index (χ0) is 47.3. The van der Waals surface area contributed by atoms with Crippen molar-refractivity contribution in [2.75, 3.05) is 13.7 Å². The predicted octanol–water partition coefficient (Wildman–Crippen LogP) is 6.15. The molecule has 1 unspecified atom stereocenters. The second-order valence-electron chi connectivity index (χ2n) is 18.0. The number of aromatic nitrogens is 3. The number of carbonyl (C=O) groups excluding carboxylic acids is 4. The molecule has 4 aliphatic rings. The summed E-state index contributed by atoms with van der Waals surface area (Å²) < 4.78 is 50.6. The fourth-order valence-electron chi connectivity index (χ4n) is 10.1. The first-order chi connectivity index (χ1) is 32.1. The molecular weight excluding hydrogens is 881 g/mol. The fraction of sp³-hybridized carbons (Fsp3) is 0.408. The number of amides is 4. The Bertz CT molecular complexity index is 2940. The van der Waals surface area contributed by atoms with Gasteiger partial charge in [-0.1, -0.05) is 35.5 Å². The van der Waals surface area contributed by atoms with Crippen molar-refractivity contribution in [2.24, 2.45) is 7.05 Å². The second kappa shape index (κ2) is 18.2. The van der Waals surface area contributed by atoms with Crippen molar-refractivity contribution in [2.45, 2.75) is 113 Å². The van der Waals surface area contributed by atoms with Gasteiger partial charge in [-0.3, -0.25) is 34.2 Å². The smallest absolute Gasteiger partial charge is 0.304 e. The van der Waals surface area contributed by atoms with Gasteiger partial charge in [0, 0.05) is 25.9 Å². The third-order valence-electron chi connectivity index (χ3n) is 13.5. The second-order valence-corrected chi connectivity index (χ2v) is 19.9. The number of aliphatic carboxylic acids is 1. The molecule has 0 radical (unpaired) electrons. The number of rotatable bonds is 11. The number of hydrogen-bond acceptors (Lipinski definition) is 12. The zero-order valence-corrected chi connectivity index (χ0v) is 38.5. The average Bonchev–Trinajstić information content (AvgIpc) is 3.75. The van der Waals surface area contributed by atoms with Gasteiger partial charge < -0.3 is 19.3 Å². The van der Waals surface area contributed by atoms with Crippen LogP contribution < -0.4 is 19.5 Å². The van der Waals surface area contributed by atoms with E-state index in [4.69, 9.17) is 14.2 Å². The number of nitrogens with one attached hydrogen (secondary N) is 1. The van der Waals surface area contributed by atoms with Gasteiger partial charge in [0.25, 0.3) is 11.8 Å². The topological polar surface area (TPSA) is 217 Å². The third-order valence-corrected chi connectivity index (χ3v) is 15.4. The SMILES string of the molecule is COc1cc([C@@H](CC(=O)O)c2ccc(C)c(CN3C[C@@H](C)Oc4cc(C5CCCC(Oc6cccc7c6C(=O)N(C6CCC(=O)NC6=O)C7=O)CCC5)ccc4S3(=O)=O)c2)cc2nnn(C)c12. The molecule has 2 N–H and O–H groups in total. The van der Waals surface area contributed by atoms with Gasteiger partial charge in [0.15, 0.2) is 0 Å². The molecule has 1 saturated carbocycles. The van der Waals surface area contributed by atoms with Crippen molar-refractivity contribution in [1.82, 2.24) is 29.5 Å². The number of carboxylic acid groups (broad SMARTS) is 1. The van der Waals surface area contributed by atoms with Crippen molar-refractivity contribution in [3.63, 3.8) is 0 Å². The highest BCUT2D eigenvalue weighted by atomic mass is 32.2. The minimum Gasteiger partial charge on any atom is -0.494 e. The summed E-state index contributed by atoms with van der Waals surface area (Å²) in [5.41, 5.74) is 5.51. The lowest BCUT2D eigenvalue weighted by atomic mass is 9.85. The van der Waals surface area contributed by atoms with Crippen LogP contribution in [-0.4, -0.2) is 99.2 Å². The van der Waals surface area contributed by atoms with Crippen LogP contribution >= 0.6 is 0 Å². The number of sulfonamides is 1. The van der Waals surface area contributed by atoms with E-state index in [0.717, 1.165) is 47.3 Å². The molecule has 18 heteroatoms. The van der Waals surface area contributed by atoms with Gasteiger partial charge in [0.2, 0.25) is 21.8 Å². The fourth-order valence-corrected chi connectivity index (χ4v) is 11.7. The molecule has 350 valence electrons. The van der Waals surface area contributed by atoms with Crippen molar-refractivity contribution in [3.05, 3.63) is 106 Å². The molecule has 1 aromatic heterocycles. The number of ether oxygens (including phenoxy) is 3. The Balaban J connectivity index is 0.889. The summed E-state index contributed by atoms with van der Waals surface area (Å²) in [6.07, 6.45) is 3.73. The predicted molar refractivity (Wildman–Crippen MR) is 242 cm³/mol. The Kier molecular flexibility index (Phi) is 12.4. The molecule has 9 rings (SSSR count). The van der Waals surface area contributed by atoms with E-state index in [0.29, 0.717) is 52.3 Å². The zero-order valence-electron chi connectivity index (χ0n) is 37.7. The van der Waals surface area contributed by atoms with Gasteiger partial charge in [-0.25, -0.2) is 13.1 Å². The van der Waals surface area contributed by atoms with E-state index in [9.17, 15) is 37.5 Å². The first kappa shape index (κ1) is 45.5. The van der Waals surface area contributed by atoms with Crippen molar-refractivity contribution in [3.8, 4) is 17.2 Å². The molecule has 1 aliphatic carbocycles. The molecule has 0 spiro atoms. The maximum atomic E-state index is 14.5. The van der Waals surface area contributed by atoms with Crippen LogP contribution in [0.25, 0.3) is 11.0 Å². The molecule has 2 fully saturated rings. The maximum absolute atomic E-state index is 14.5. The summed E-state index contributed by atoms with van der Waals surface area (Å²) in [4.78, 5) is 64.7. The van der Waals surface area contributed by atoms with Crippen LogP contribution in [-0.2, 0) is 38.0 Å². The summed E-state index contributed by atoms with van der Waals surface area (Å²) in [5.74, 6) is -2.64. The van der Waals surface area contributed by atoms with Gasteiger partial charge in [-0.15, -0.1) is 5.10 Å². The van der Waals surface area contributed by atoms with E-state index in [-0.39, 0.29) is 60.4 Å².